The zero-order valence-corrected chi connectivity index (χ0v) is 13.3. The second-order valence-corrected chi connectivity index (χ2v) is 6.53. The Kier molecular flexibility index (Phi) is 4.82. The minimum Gasteiger partial charge on any atom is -0.475 e. The van der Waals surface area contributed by atoms with E-state index >= 15 is 0 Å². The molecule has 1 aliphatic heterocycles. The summed E-state index contributed by atoms with van der Waals surface area (Å²) in [6, 6.07) is 7.28. The van der Waals surface area contributed by atoms with Crippen molar-refractivity contribution in [3.8, 4) is 17.0 Å². The normalized spacial score (nSPS) is 27.7. The van der Waals surface area contributed by atoms with Crippen molar-refractivity contribution in [3.05, 3.63) is 42.4 Å². The molecule has 7 heteroatoms. The molecule has 0 aromatic carbocycles. The summed E-state index contributed by atoms with van der Waals surface area (Å²) >= 11 is 1.26. The first-order valence-corrected chi connectivity index (χ1v) is 8.31. The molecule has 122 valence electrons. The highest BCUT2D eigenvalue weighted by atomic mass is 32.2. The molecule has 0 spiro atoms. The van der Waals surface area contributed by atoms with Crippen molar-refractivity contribution >= 4 is 11.8 Å². The van der Waals surface area contributed by atoms with Crippen LogP contribution < -0.4 is 4.74 Å². The lowest BCUT2D eigenvalue weighted by atomic mass is 10.1. The second-order valence-electron chi connectivity index (χ2n) is 5.40. The largest absolute Gasteiger partial charge is 0.475 e. The lowest BCUT2D eigenvalue weighted by molar-refractivity contribution is -0.0785. The quantitative estimate of drug-likeness (QED) is 0.770. The highest BCUT2D eigenvalue weighted by Gasteiger charge is 2.38. The molecule has 1 saturated heterocycles. The average Bonchev–Trinajstić information content (AvgIpc) is 2.57. The first-order valence-electron chi connectivity index (χ1n) is 7.27. The molecule has 1 aliphatic rings. The predicted octanol–water partition coefficient (Wildman–Crippen LogP) is 0.986. The van der Waals surface area contributed by atoms with Crippen LogP contribution in [0.15, 0.2) is 36.7 Å². The number of aryl methyl sites for hydroxylation is 1. The molecule has 0 aliphatic carbocycles. The number of hydrogen-bond donors (Lipinski definition) is 3. The summed E-state index contributed by atoms with van der Waals surface area (Å²) in [5, 5.41) is 29.5. The van der Waals surface area contributed by atoms with E-state index in [9.17, 15) is 15.3 Å². The molecule has 1 fully saturated rings. The van der Waals surface area contributed by atoms with E-state index < -0.39 is 23.7 Å². The van der Waals surface area contributed by atoms with E-state index in [4.69, 9.17) is 4.74 Å². The predicted molar refractivity (Wildman–Crippen MR) is 87.1 cm³/mol. The molecule has 0 amide bonds. The maximum absolute atomic E-state index is 10.1. The lowest BCUT2D eigenvalue weighted by Gasteiger charge is -2.34. The Hall–Kier alpha value is -1.67. The fourth-order valence-corrected chi connectivity index (χ4v) is 3.48. The summed E-state index contributed by atoms with van der Waals surface area (Å²) in [7, 11) is 0. The van der Waals surface area contributed by atoms with E-state index in [0.717, 1.165) is 11.3 Å². The Bertz CT molecular complexity index is 670. The van der Waals surface area contributed by atoms with Gasteiger partial charge in [0.2, 0.25) is 0 Å². The zero-order chi connectivity index (χ0) is 16.4. The van der Waals surface area contributed by atoms with Crippen molar-refractivity contribution in [1.29, 1.82) is 0 Å². The maximum Gasteiger partial charge on any atom is 0.173 e. The van der Waals surface area contributed by atoms with Crippen LogP contribution in [0.4, 0.5) is 0 Å². The van der Waals surface area contributed by atoms with Crippen LogP contribution in [0.1, 0.15) is 5.69 Å². The molecule has 6 nitrogen and oxygen atoms in total. The standard InChI is InChI=1S/C16H18N2O4S/c1-9-2-3-12(13(18-9)10-4-6-17-7-5-10)22-16-15(21)14(20)11(19)8-23-16/h2-7,11,14-16,19-21H,8H2,1H3/t11-,14+,15-,16-/m1/s1. The summed E-state index contributed by atoms with van der Waals surface area (Å²) in [6.45, 7) is 1.89. The van der Waals surface area contributed by atoms with Crippen molar-refractivity contribution in [1.82, 2.24) is 9.97 Å². The monoisotopic (exact) mass is 334 g/mol. The van der Waals surface area contributed by atoms with Gasteiger partial charge in [-0.15, -0.1) is 11.8 Å². The van der Waals surface area contributed by atoms with Crippen LogP contribution in [0.25, 0.3) is 11.3 Å². The molecule has 23 heavy (non-hydrogen) atoms. The Labute approximate surface area is 138 Å². The molecule has 2 aromatic rings. The summed E-state index contributed by atoms with van der Waals surface area (Å²) in [5.41, 5.74) is 1.69. The summed E-state index contributed by atoms with van der Waals surface area (Å²) < 4.78 is 5.89. The van der Waals surface area contributed by atoms with Gasteiger partial charge in [-0.05, 0) is 31.2 Å². The van der Waals surface area contributed by atoms with Gasteiger partial charge in [0.15, 0.2) is 5.44 Å². The van der Waals surface area contributed by atoms with Crippen molar-refractivity contribution in [2.24, 2.45) is 0 Å². The van der Waals surface area contributed by atoms with Gasteiger partial charge in [-0.2, -0.15) is 0 Å². The number of aliphatic hydroxyl groups excluding tert-OH is 3. The topological polar surface area (TPSA) is 95.7 Å². The van der Waals surface area contributed by atoms with Gasteiger partial charge in [-0.25, -0.2) is 4.98 Å². The third-order valence-electron chi connectivity index (χ3n) is 3.65. The first kappa shape index (κ1) is 16.2. The molecule has 2 aromatic heterocycles. The minimum absolute atomic E-state index is 0.298. The van der Waals surface area contributed by atoms with E-state index in [1.54, 1.807) is 18.5 Å². The highest BCUT2D eigenvalue weighted by Crippen LogP contribution is 2.34. The molecule has 0 unspecified atom stereocenters. The first-order chi connectivity index (χ1) is 11.1. The zero-order valence-electron chi connectivity index (χ0n) is 12.5. The number of aliphatic hydroxyl groups is 3. The lowest BCUT2D eigenvalue weighted by Crippen LogP contribution is -2.50. The third-order valence-corrected chi connectivity index (χ3v) is 4.89. The van der Waals surface area contributed by atoms with Crippen LogP contribution in [0, 0.1) is 6.92 Å². The van der Waals surface area contributed by atoms with Gasteiger partial charge in [-0.3, -0.25) is 4.98 Å². The number of ether oxygens (including phenoxy) is 1. The van der Waals surface area contributed by atoms with Gasteiger partial charge in [0.05, 0.1) is 6.10 Å². The van der Waals surface area contributed by atoms with E-state index in [1.165, 1.54) is 11.8 Å². The molecular weight excluding hydrogens is 316 g/mol. The van der Waals surface area contributed by atoms with Crippen LogP contribution >= 0.6 is 11.8 Å². The molecule has 0 saturated carbocycles. The smallest absolute Gasteiger partial charge is 0.173 e. The maximum atomic E-state index is 10.1. The van der Waals surface area contributed by atoms with Crippen molar-refractivity contribution in [2.45, 2.75) is 30.7 Å². The van der Waals surface area contributed by atoms with E-state index in [1.807, 2.05) is 25.1 Å². The summed E-state index contributed by atoms with van der Waals surface area (Å²) in [6.07, 6.45) is 0.00555. The number of aromatic nitrogens is 2. The Morgan fingerprint density at radius 2 is 1.83 bits per heavy atom. The Morgan fingerprint density at radius 3 is 2.57 bits per heavy atom. The van der Waals surface area contributed by atoms with Gasteiger partial charge < -0.3 is 20.1 Å². The molecule has 4 atom stereocenters. The Morgan fingerprint density at radius 1 is 1.09 bits per heavy atom. The SMILES string of the molecule is Cc1ccc(O[C@@H]2SC[C@@H](O)[C@H](O)[C@H]2O)c(-c2ccncc2)n1. The minimum atomic E-state index is -1.22. The van der Waals surface area contributed by atoms with Gasteiger partial charge in [0.25, 0.3) is 0 Å². The summed E-state index contributed by atoms with van der Waals surface area (Å²) in [5.74, 6) is 0.814. The molecule has 0 radical (unpaired) electrons. The van der Waals surface area contributed by atoms with Gasteiger partial charge in [-0.1, -0.05) is 0 Å². The number of nitrogens with zero attached hydrogens (tertiary/aromatic N) is 2. The van der Waals surface area contributed by atoms with Crippen molar-refractivity contribution < 1.29 is 20.1 Å². The molecule has 3 heterocycles. The molecule has 3 N–H and O–H groups in total. The average molecular weight is 334 g/mol. The number of pyridine rings is 2. The Balaban J connectivity index is 1.89. The number of hydrogen-bond acceptors (Lipinski definition) is 7. The highest BCUT2D eigenvalue weighted by molar-refractivity contribution is 7.99. The number of thioether (sulfide) groups is 1. The fraction of sp³-hybridized carbons (Fsp3) is 0.375. The van der Waals surface area contributed by atoms with Crippen molar-refractivity contribution in [2.75, 3.05) is 5.75 Å². The third kappa shape index (κ3) is 3.48. The molecule has 3 rings (SSSR count). The van der Waals surface area contributed by atoms with Gasteiger partial charge in [0.1, 0.15) is 23.7 Å². The number of rotatable bonds is 3. The van der Waals surface area contributed by atoms with Crippen LogP contribution in [-0.2, 0) is 0 Å². The summed E-state index contributed by atoms with van der Waals surface area (Å²) in [4.78, 5) is 8.51. The van der Waals surface area contributed by atoms with Crippen LogP contribution in [0.2, 0.25) is 0 Å². The molecule has 0 bridgehead atoms. The van der Waals surface area contributed by atoms with Gasteiger partial charge in [0, 0.05) is 29.4 Å². The fourth-order valence-electron chi connectivity index (χ4n) is 2.36. The second kappa shape index (κ2) is 6.84. The van der Waals surface area contributed by atoms with Gasteiger partial charge >= 0.3 is 0 Å². The van der Waals surface area contributed by atoms with E-state index in [2.05, 4.69) is 9.97 Å². The van der Waals surface area contributed by atoms with Crippen LogP contribution in [0.3, 0.4) is 0 Å². The van der Waals surface area contributed by atoms with Crippen molar-refractivity contribution in [3.63, 3.8) is 0 Å². The van der Waals surface area contributed by atoms with Crippen LogP contribution in [-0.4, -0.2) is 54.8 Å². The van der Waals surface area contributed by atoms with E-state index in [0.29, 0.717) is 17.2 Å². The molecular formula is C16H18N2O4S. The van der Waals surface area contributed by atoms with E-state index in [-0.39, 0.29) is 0 Å². The van der Waals surface area contributed by atoms with Crippen LogP contribution in [0.5, 0.6) is 5.75 Å².